The van der Waals surface area contributed by atoms with E-state index in [0.29, 0.717) is 24.0 Å². The number of rotatable bonds is 7. The van der Waals surface area contributed by atoms with Gasteiger partial charge in [0.05, 0.1) is 10.6 Å². The fourth-order valence-electron chi connectivity index (χ4n) is 2.82. The molecular weight excluding hydrogens is 404 g/mol. The Kier molecular flexibility index (Phi) is 5.96. The average molecular weight is 425 g/mol. The number of carbonyl (C=O) groups excluding carboxylic acids is 2. The van der Waals surface area contributed by atoms with E-state index in [0.717, 1.165) is 0 Å². The minimum atomic E-state index is -3.71. The van der Waals surface area contributed by atoms with Crippen LogP contribution < -0.4 is 15.0 Å². The molecule has 11 heteroatoms. The molecule has 0 atom stereocenters. The van der Waals surface area contributed by atoms with Gasteiger partial charge >= 0.3 is 0 Å². The number of hydrogen-bond acceptors (Lipinski definition) is 7. The predicted molar refractivity (Wildman–Crippen MR) is 105 cm³/mol. The summed E-state index contributed by atoms with van der Waals surface area (Å²) in [5.74, 6) is -0.521. The summed E-state index contributed by atoms with van der Waals surface area (Å²) >= 11 is 1.26. The number of aromatic nitrogens is 1. The van der Waals surface area contributed by atoms with E-state index >= 15 is 0 Å². The molecule has 0 saturated carbocycles. The molecule has 1 N–H and O–H groups in total. The third-order valence-corrected chi connectivity index (χ3v) is 6.93. The number of amides is 2. The highest BCUT2D eigenvalue weighted by molar-refractivity contribution is 7.89. The highest BCUT2D eigenvalue weighted by atomic mass is 32.2. The quantitative estimate of drug-likeness (QED) is 0.722. The van der Waals surface area contributed by atoms with Gasteiger partial charge in [-0.25, -0.2) is 13.4 Å². The van der Waals surface area contributed by atoms with Crippen LogP contribution in [0.2, 0.25) is 0 Å². The minimum Gasteiger partial charge on any atom is -0.482 e. The SMILES string of the molecule is CCN(CC)S(=O)(=O)c1ccc2c(c1)N(CC(=O)Nc1nccs1)C(=O)CO2. The van der Waals surface area contributed by atoms with Gasteiger partial charge < -0.3 is 10.1 Å². The molecular formula is C17H20N4O5S2. The van der Waals surface area contributed by atoms with Crippen molar-refractivity contribution in [1.82, 2.24) is 9.29 Å². The van der Waals surface area contributed by atoms with Gasteiger partial charge in [-0.05, 0) is 18.2 Å². The maximum absolute atomic E-state index is 12.8. The number of anilines is 2. The zero-order valence-electron chi connectivity index (χ0n) is 15.4. The number of nitrogens with one attached hydrogen (secondary N) is 1. The van der Waals surface area contributed by atoms with E-state index < -0.39 is 21.8 Å². The number of thiazole rings is 1. The van der Waals surface area contributed by atoms with Crippen LogP contribution in [0.5, 0.6) is 5.75 Å². The number of nitrogens with zero attached hydrogens (tertiary/aromatic N) is 3. The van der Waals surface area contributed by atoms with E-state index in [9.17, 15) is 18.0 Å². The second kappa shape index (κ2) is 8.25. The molecule has 28 heavy (non-hydrogen) atoms. The van der Waals surface area contributed by atoms with Crippen LogP contribution >= 0.6 is 11.3 Å². The lowest BCUT2D eigenvalue weighted by Crippen LogP contribution is -2.43. The maximum Gasteiger partial charge on any atom is 0.265 e. The van der Waals surface area contributed by atoms with Crippen molar-refractivity contribution in [2.45, 2.75) is 18.7 Å². The van der Waals surface area contributed by atoms with Gasteiger partial charge in [0.15, 0.2) is 11.7 Å². The van der Waals surface area contributed by atoms with Crippen molar-refractivity contribution >= 4 is 44.0 Å². The molecule has 1 aliphatic heterocycles. The first-order chi connectivity index (χ1) is 13.4. The van der Waals surface area contributed by atoms with Crippen molar-refractivity contribution in [1.29, 1.82) is 0 Å². The summed E-state index contributed by atoms with van der Waals surface area (Å²) in [5.41, 5.74) is 0.249. The molecule has 2 amide bonds. The summed E-state index contributed by atoms with van der Waals surface area (Å²) in [6, 6.07) is 4.32. The van der Waals surface area contributed by atoms with E-state index in [1.807, 2.05) is 0 Å². The molecule has 0 radical (unpaired) electrons. The number of sulfonamides is 1. The lowest BCUT2D eigenvalue weighted by Gasteiger charge is -2.29. The summed E-state index contributed by atoms with van der Waals surface area (Å²) in [6.45, 7) is 3.66. The van der Waals surface area contributed by atoms with Crippen LogP contribution in [-0.2, 0) is 19.6 Å². The molecule has 0 saturated heterocycles. The molecule has 0 bridgehead atoms. The molecule has 3 rings (SSSR count). The van der Waals surface area contributed by atoms with Crippen molar-refractivity contribution in [3.8, 4) is 5.75 Å². The van der Waals surface area contributed by atoms with E-state index in [4.69, 9.17) is 4.74 Å². The second-order valence-electron chi connectivity index (χ2n) is 5.87. The lowest BCUT2D eigenvalue weighted by atomic mass is 10.2. The Hall–Kier alpha value is -2.50. The summed E-state index contributed by atoms with van der Waals surface area (Å²) in [4.78, 5) is 29.9. The second-order valence-corrected chi connectivity index (χ2v) is 8.71. The lowest BCUT2D eigenvalue weighted by molar-refractivity contribution is -0.123. The molecule has 0 unspecified atom stereocenters. The van der Waals surface area contributed by atoms with Gasteiger partial charge in [-0.3, -0.25) is 14.5 Å². The van der Waals surface area contributed by atoms with Crippen LogP contribution in [0.15, 0.2) is 34.7 Å². The maximum atomic E-state index is 12.8. The number of benzene rings is 1. The van der Waals surface area contributed by atoms with E-state index in [-0.39, 0.29) is 23.7 Å². The Morgan fingerprint density at radius 1 is 1.36 bits per heavy atom. The number of carbonyl (C=O) groups is 2. The van der Waals surface area contributed by atoms with Gasteiger partial charge in [0.1, 0.15) is 12.3 Å². The normalized spacial score (nSPS) is 14.0. The summed E-state index contributed by atoms with van der Waals surface area (Å²) in [5, 5.41) is 4.75. The number of ether oxygens (including phenoxy) is 1. The zero-order chi connectivity index (χ0) is 20.3. The standard InChI is InChI=1S/C17H20N4O5S2/c1-3-20(4-2)28(24,25)12-5-6-14-13(9-12)21(16(23)11-26-14)10-15(22)19-17-18-7-8-27-17/h5-9H,3-4,10-11H2,1-2H3,(H,18,19,22). The van der Waals surface area contributed by atoms with Crippen LogP contribution in [0.25, 0.3) is 0 Å². The van der Waals surface area contributed by atoms with Gasteiger partial charge in [0.2, 0.25) is 15.9 Å². The molecule has 0 spiro atoms. The molecule has 150 valence electrons. The van der Waals surface area contributed by atoms with Crippen molar-refractivity contribution < 1.29 is 22.7 Å². The third kappa shape index (κ3) is 4.01. The molecule has 0 fully saturated rings. The van der Waals surface area contributed by atoms with Gasteiger partial charge in [0, 0.05) is 24.7 Å². The van der Waals surface area contributed by atoms with Crippen LogP contribution in [0.3, 0.4) is 0 Å². The van der Waals surface area contributed by atoms with Crippen molar-refractivity contribution in [3.05, 3.63) is 29.8 Å². The number of fused-ring (bicyclic) bond motifs is 1. The van der Waals surface area contributed by atoms with Gasteiger partial charge in [-0.1, -0.05) is 13.8 Å². The fourth-order valence-corrected chi connectivity index (χ4v) is 4.84. The predicted octanol–water partition coefficient (Wildman–Crippen LogP) is 1.54. The van der Waals surface area contributed by atoms with Crippen LogP contribution in [0.4, 0.5) is 10.8 Å². The summed E-state index contributed by atoms with van der Waals surface area (Å²) in [7, 11) is -3.71. The Morgan fingerprint density at radius 3 is 2.75 bits per heavy atom. The van der Waals surface area contributed by atoms with Crippen molar-refractivity contribution in [3.63, 3.8) is 0 Å². The first-order valence-electron chi connectivity index (χ1n) is 8.63. The van der Waals surface area contributed by atoms with Crippen LogP contribution in [0, 0.1) is 0 Å². The third-order valence-electron chi connectivity index (χ3n) is 4.20. The summed E-state index contributed by atoms with van der Waals surface area (Å²) < 4.78 is 32.3. The molecule has 2 heterocycles. The highest BCUT2D eigenvalue weighted by Gasteiger charge is 2.30. The smallest absolute Gasteiger partial charge is 0.265 e. The van der Waals surface area contributed by atoms with Crippen LogP contribution in [-0.4, -0.2) is 55.8 Å². The topological polar surface area (TPSA) is 109 Å². The average Bonchev–Trinajstić information content (AvgIpc) is 3.17. The summed E-state index contributed by atoms with van der Waals surface area (Å²) in [6.07, 6.45) is 1.56. The first kappa shape index (κ1) is 20.2. The Bertz CT molecular complexity index is 971. The van der Waals surface area contributed by atoms with E-state index in [1.54, 1.807) is 25.4 Å². The van der Waals surface area contributed by atoms with Gasteiger partial charge in [-0.2, -0.15) is 4.31 Å². The molecule has 9 nitrogen and oxygen atoms in total. The largest absolute Gasteiger partial charge is 0.482 e. The number of hydrogen-bond donors (Lipinski definition) is 1. The minimum absolute atomic E-state index is 0.0404. The Labute approximate surface area is 167 Å². The first-order valence-corrected chi connectivity index (χ1v) is 11.0. The van der Waals surface area contributed by atoms with Gasteiger partial charge in [-0.15, -0.1) is 11.3 Å². The van der Waals surface area contributed by atoms with Crippen LogP contribution in [0.1, 0.15) is 13.8 Å². The zero-order valence-corrected chi connectivity index (χ0v) is 17.0. The Balaban J connectivity index is 1.91. The molecule has 1 aromatic heterocycles. The molecule has 0 aliphatic carbocycles. The van der Waals surface area contributed by atoms with E-state index in [1.165, 1.54) is 38.7 Å². The molecule has 2 aromatic rings. The monoisotopic (exact) mass is 424 g/mol. The van der Waals surface area contributed by atoms with E-state index in [2.05, 4.69) is 10.3 Å². The highest BCUT2D eigenvalue weighted by Crippen LogP contribution is 2.35. The van der Waals surface area contributed by atoms with Gasteiger partial charge in [0.25, 0.3) is 5.91 Å². The molecule has 1 aliphatic rings. The van der Waals surface area contributed by atoms with Crippen molar-refractivity contribution in [2.24, 2.45) is 0 Å². The molecule has 1 aromatic carbocycles. The fraction of sp³-hybridized carbons (Fsp3) is 0.353. The Morgan fingerprint density at radius 2 is 2.11 bits per heavy atom. The van der Waals surface area contributed by atoms with Crippen molar-refractivity contribution in [2.75, 3.05) is 36.5 Å².